The Labute approximate surface area is 116 Å². The van der Waals surface area contributed by atoms with Crippen LogP contribution < -0.4 is 5.76 Å². The van der Waals surface area contributed by atoms with E-state index in [1.165, 1.54) is 6.20 Å². The van der Waals surface area contributed by atoms with E-state index in [2.05, 4.69) is 18.6 Å². The molecular formula is C10H9ClN2O7. The topological polar surface area (TPSA) is 136 Å². The van der Waals surface area contributed by atoms with Gasteiger partial charge in [0.25, 0.3) is 5.35 Å². The number of rotatable bonds is 3. The third kappa shape index (κ3) is 4.61. The first-order chi connectivity index (χ1) is 9.43. The Morgan fingerprint density at radius 2 is 2.15 bits per heavy atom. The molecule has 2 N–H and O–H groups in total. The summed E-state index contributed by atoms with van der Waals surface area (Å²) >= 11 is 5.32. The number of halogens is 1. The average Bonchev–Trinajstić information content (AvgIpc) is 2.99. The second-order valence-electron chi connectivity index (χ2n) is 3.05. The lowest BCUT2D eigenvalue weighted by Gasteiger charge is -1.94. The van der Waals surface area contributed by atoms with Gasteiger partial charge in [0.05, 0.1) is 19.0 Å². The lowest BCUT2D eigenvalue weighted by Crippen LogP contribution is -2.02. The maximum Gasteiger partial charge on any atom is 0.417 e. The van der Waals surface area contributed by atoms with Gasteiger partial charge in [-0.15, -0.1) is 0 Å². The monoisotopic (exact) mass is 304 g/mol. The van der Waals surface area contributed by atoms with Gasteiger partial charge in [-0.25, -0.2) is 19.4 Å². The Balaban J connectivity index is 0.000000204. The van der Waals surface area contributed by atoms with Crippen LogP contribution in [0.5, 0.6) is 0 Å². The SMILES string of the molecule is CCOC(=O)c1cnc(Cl)o1.O=C(O)c1c[nH]c(=O)o1. The molecule has 0 saturated carbocycles. The first kappa shape index (κ1) is 15.5. The van der Waals surface area contributed by atoms with Crippen LogP contribution in [0.4, 0.5) is 0 Å². The highest BCUT2D eigenvalue weighted by Crippen LogP contribution is 2.09. The van der Waals surface area contributed by atoms with Crippen LogP contribution in [0.2, 0.25) is 5.35 Å². The second kappa shape index (κ2) is 7.14. The van der Waals surface area contributed by atoms with E-state index in [9.17, 15) is 14.4 Å². The number of oxazole rings is 2. The molecule has 0 atom stereocenters. The molecule has 0 bridgehead atoms. The molecule has 9 nitrogen and oxygen atoms in total. The molecule has 2 rings (SSSR count). The summed E-state index contributed by atoms with van der Waals surface area (Å²) in [5.74, 6) is -2.91. The maximum atomic E-state index is 10.8. The number of carbonyl (C=O) groups is 2. The minimum atomic E-state index is -1.26. The van der Waals surface area contributed by atoms with Gasteiger partial charge in [0.15, 0.2) is 0 Å². The molecule has 2 heterocycles. The van der Waals surface area contributed by atoms with Crippen LogP contribution in [-0.2, 0) is 4.74 Å². The van der Waals surface area contributed by atoms with E-state index < -0.39 is 17.7 Å². The molecule has 0 radical (unpaired) electrons. The van der Waals surface area contributed by atoms with Crippen LogP contribution >= 0.6 is 11.6 Å². The molecule has 0 saturated heterocycles. The molecule has 0 unspecified atom stereocenters. The fourth-order valence-electron chi connectivity index (χ4n) is 0.938. The van der Waals surface area contributed by atoms with Gasteiger partial charge in [-0.3, -0.25) is 4.98 Å². The van der Waals surface area contributed by atoms with Crippen molar-refractivity contribution in [3.05, 3.63) is 39.8 Å². The number of nitrogens with one attached hydrogen (secondary N) is 1. The number of nitrogens with zero attached hydrogens (tertiary/aromatic N) is 1. The van der Waals surface area contributed by atoms with E-state index in [0.29, 0.717) is 6.61 Å². The van der Waals surface area contributed by atoms with Gasteiger partial charge in [0, 0.05) is 0 Å². The van der Waals surface area contributed by atoms with Gasteiger partial charge in [0.2, 0.25) is 11.5 Å². The molecule has 0 amide bonds. The summed E-state index contributed by atoms with van der Waals surface area (Å²) < 4.78 is 13.4. The number of ether oxygens (including phenoxy) is 1. The standard InChI is InChI=1S/C6H6ClNO3.C4H3NO4/c1-2-10-5(9)4-3-8-6(7)11-4;6-3(7)2-1-5-4(8)9-2/h3H,2H2,1H3;1H,(H,5,8)(H,6,7). The van der Waals surface area contributed by atoms with Crippen molar-refractivity contribution in [1.82, 2.24) is 9.97 Å². The summed E-state index contributed by atoms with van der Waals surface area (Å²) in [6, 6.07) is 0. The van der Waals surface area contributed by atoms with Crippen molar-refractivity contribution in [3.63, 3.8) is 0 Å². The number of aromatic carboxylic acids is 1. The molecule has 10 heteroatoms. The molecule has 0 fully saturated rings. The van der Waals surface area contributed by atoms with Gasteiger partial charge >= 0.3 is 17.7 Å². The minimum Gasteiger partial charge on any atom is -0.475 e. The van der Waals surface area contributed by atoms with E-state index in [0.717, 1.165) is 6.20 Å². The van der Waals surface area contributed by atoms with E-state index in [4.69, 9.17) is 16.7 Å². The Kier molecular flexibility index (Phi) is 5.54. The zero-order chi connectivity index (χ0) is 15.1. The molecule has 0 aromatic carbocycles. The van der Waals surface area contributed by atoms with Crippen LogP contribution in [-0.4, -0.2) is 33.6 Å². The van der Waals surface area contributed by atoms with E-state index in [1.807, 2.05) is 4.98 Å². The minimum absolute atomic E-state index is 0.0249. The Morgan fingerprint density at radius 1 is 1.45 bits per heavy atom. The van der Waals surface area contributed by atoms with Crippen LogP contribution in [0, 0.1) is 0 Å². The Bertz CT molecular complexity index is 642. The van der Waals surface area contributed by atoms with Gasteiger partial charge in [-0.2, -0.15) is 0 Å². The Hall–Kier alpha value is -2.55. The summed E-state index contributed by atoms with van der Waals surface area (Å²) in [5.41, 5.74) is 0. The first-order valence-corrected chi connectivity index (χ1v) is 5.52. The largest absolute Gasteiger partial charge is 0.475 e. The molecule has 0 aliphatic rings. The summed E-state index contributed by atoms with van der Waals surface area (Å²) in [4.78, 5) is 36.5. The van der Waals surface area contributed by atoms with Crippen molar-refractivity contribution in [2.75, 3.05) is 6.61 Å². The first-order valence-electron chi connectivity index (χ1n) is 5.14. The lowest BCUT2D eigenvalue weighted by atomic mass is 10.5. The summed E-state index contributed by atoms with van der Waals surface area (Å²) in [6.45, 7) is 2.01. The number of H-pyrrole nitrogens is 1. The number of hydrogen-bond acceptors (Lipinski definition) is 7. The maximum absolute atomic E-state index is 10.8. The smallest absolute Gasteiger partial charge is 0.417 e. The van der Waals surface area contributed by atoms with E-state index >= 15 is 0 Å². The van der Waals surface area contributed by atoms with Crippen molar-refractivity contribution >= 4 is 23.5 Å². The number of carboxylic acid groups (broad SMARTS) is 1. The molecule has 0 aliphatic carbocycles. The highest BCUT2D eigenvalue weighted by Gasteiger charge is 2.11. The van der Waals surface area contributed by atoms with Crippen molar-refractivity contribution in [2.45, 2.75) is 6.92 Å². The highest BCUT2D eigenvalue weighted by molar-refractivity contribution is 6.27. The van der Waals surface area contributed by atoms with Crippen molar-refractivity contribution in [1.29, 1.82) is 0 Å². The van der Waals surface area contributed by atoms with Gasteiger partial charge in [-0.1, -0.05) is 0 Å². The fraction of sp³-hybridized carbons (Fsp3) is 0.200. The number of aromatic nitrogens is 2. The molecular weight excluding hydrogens is 296 g/mol. The third-order valence-corrected chi connectivity index (χ3v) is 1.86. The van der Waals surface area contributed by atoms with Crippen molar-refractivity contribution in [2.24, 2.45) is 0 Å². The molecule has 108 valence electrons. The van der Waals surface area contributed by atoms with Crippen LogP contribution in [0.1, 0.15) is 28.0 Å². The quantitative estimate of drug-likeness (QED) is 0.806. The molecule has 20 heavy (non-hydrogen) atoms. The molecule has 0 aliphatic heterocycles. The normalized spacial score (nSPS) is 9.50. The molecule has 2 aromatic heterocycles. The van der Waals surface area contributed by atoms with Crippen LogP contribution in [0.15, 0.2) is 26.0 Å². The van der Waals surface area contributed by atoms with Crippen LogP contribution in [0.25, 0.3) is 0 Å². The number of esters is 1. The number of carbonyl (C=O) groups excluding carboxylic acids is 1. The van der Waals surface area contributed by atoms with Gasteiger partial charge in [-0.05, 0) is 18.5 Å². The Morgan fingerprint density at radius 3 is 2.50 bits per heavy atom. The van der Waals surface area contributed by atoms with Gasteiger partial charge in [0.1, 0.15) is 0 Å². The second-order valence-corrected chi connectivity index (χ2v) is 3.37. The van der Waals surface area contributed by atoms with Crippen molar-refractivity contribution < 1.29 is 28.3 Å². The molecule has 0 spiro atoms. The zero-order valence-corrected chi connectivity index (χ0v) is 10.8. The predicted octanol–water partition coefficient (Wildman–Crippen LogP) is 1.17. The summed E-state index contributed by atoms with van der Waals surface area (Å²) in [7, 11) is 0. The molecule has 2 aromatic rings. The zero-order valence-electron chi connectivity index (χ0n) is 10.1. The van der Waals surface area contributed by atoms with Gasteiger partial charge < -0.3 is 18.7 Å². The number of hydrogen-bond donors (Lipinski definition) is 2. The van der Waals surface area contributed by atoms with Crippen molar-refractivity contribution in [3.8, 4) is 0 Å². The third-order valence-electron chi connectivity index (χ3n) is 1.69. The van der Waals surface area contributed by atoms with Crippen LogP contribution in [0.3, 0.4) is 0 Å². The summed E-state index contributed by atoms with van der Waals surface area (Å²) in [5, 5.41) is 8.08. The number of carboxylic acids is 1. The fourth-order valence-corrected chi connectivity index (χ4v) is 1.07. The van der Waals surface area contributed by atoms with E-state index in [1.54, 1.807) is 6.92 Å². The number of aromatic amines is 1. The van der Waals surface area contributed by atoms with E-state index in [-0.39, 0.29) is 16.9 Å². The predicted molar refractivity (Wildman–Crippen MR) is 63.8 cm³/mol. The summed E-state index contributed by atoms with van der Waals surface area (Å²) in [6.07, 6.45) is 2.21. The highest BCUT2D eigenvalue weighted by atomic mass is 35.5. The lowest BCUT2D eigenvalue weighted by molar-refractivity contribution is 0.0489. The average molecular weight is 305 g/mol.